The Morgan fingerprint density at radius 2 is 2.00 bits per heavy atom. The van der Waals surface area contributed by atoms with Crippen molar-refractivity contribution in [2.24, 2.45) is 0 Å². The van der Waals surface area contributed by atoms with Crippen LogP contribution in [0.15, 0.2) is 76.0 Å². The average molecular weight is 424 g/mol. The fourth-order valence-electron chi connectivity index (χ4n) is 2.82. The minimum absolute atomic E-state index is 0.117. The van der Waals surface area contributed by atoms with Crippen LogP contribution in [0.25, 0.3) is 15.9 Å². The van der Waals surface area contributed by atoms with Crippen LogP contribution < -0.4 is 15.6 Å². The second-order valence-electron chi connectivity index (χ2n) is 6.07. The summed E-state index contributed by atoms with van der Waals surface area (Å²) in [5.41, 5.74) is 1.88. The molecule has 1 amide bonds. The van der Waals surface area contributed by atoms with Gasteiger partial charge in [0.1, 0.15) is 10.4 Å². The first-order valence-corrected chi connectivity index (χ1v) is 10.6. The Bertz CT molecular complexity index is 1220. The molecule has 0 saturated carbocycles. The number of nitrogens with zero attached hydrogens (tertiary/aromatic N) is 2. The number of thioether (sulfide) groups is 1. The molecule has 0 unspecified atom stereocenters. The molecular weight excluding hydrogens is 406 g/mol. The number of aromatic nitrogens is 2. The molecule has 0 spiro atoms. The minimum Gasteiger partial charge on any atom is -0.497 e. The molecule has 8 heteroatoms. The van der Waals surface area contributed by atoms with Gasteiger partial charge in [-0.25, -0.2) is 4.98 Å². The summed E-state index contributed by atoms with van der Waals surface area (Å²) in [4.78, 5) is 30.1. The molecule has 2 aromatic carbocycles. The predicted octanol–water partition coefficient (Wildman–Crippen LogP) is 4.19. The number of carbonyl (C=O) groups is 1. The topological polar surface area (TPSA) is 73.2 Å². The SMILES string of the molecule is COc1cccc(NC(=O)CSc2nc3ccsc3c(=O)n2-c2ccccc2)c1. The number of ether oxygens (including phenoxy) is 1. The number of nitrogens with one attached hydrogen (secondary N) is 1. The quantitative estimate of drug-likeness (QED) is 0.372. The second-order valence-corrected chi connectivity index (χ2v) is 7.93. The lowest BCUT2D eigenvalue weighted by Crippen LogP contribution is -2.22. The van der Waals surface area contributed by atoms with Crippen molar-refractivity contribution >= 4 is 44.9 Å². The molecule has 1 N–H and O–H groups in total. The summed E-state index contributed by atoms with van der Waals surface area (Å²) in [7, 11) is 1.58. The molecule has 0 aliphatic carbocycles. The third-order valence-electron chi connectivity index (χ3n) is 4.15. The van der Waals surface area contributed by atoms with Crippen molar-refractivity contribution in [1.82, 2.24) is 9.55 Å². The first kappa shape index (κ1) is 19.2. The number of para-hydroxylation sites is 1. The fourth-order valence-corrected chi connectivity index (χ4v) is 4.39. The van der Waals surface area contributed by atoms with Gasteiger partial charge in [0.05, 0.1) is 24.1 Å². The highest BCUT2D eigenvalue weighted by Crippen LogP contribution is 2.24. The third kappa shape index (κ3) is 4.18. The third-order valence-corrected chi connectivity index (χ3v) is 5.98. The van der Waals surface area contributed by atoms with Crippen LogP contribution in [0.2, 0.25) is 0 Å². The summed E-state index contributed by atoms with van der Waals surface area (Å²) in [5, 5.41) is 5.17. The molecule has 29 heavy (non-hydrogen) atoms. The zero-order chi connectivity index (χ0) is 20.2. The van der Waals surface area contributed by atoms with Gasteiger partial charge in [-0.05, 0) is 35.7 Å². The van der Waals surface area contributed by atoms with Crippen molar-refractivity contribution in [3.8, 4) is 11.4 Å². The summed E-state index contributed by atoms with van der Waals surface area (Å²) in [6.45, 7) is 0. The smallest absolute Gasteiger partial charge is 0.276 e. The molecule has 0 saturated heterocycles. The van der Waals surface area contributed by atoms with E-state index in [0.29, 0.717) is 26.8 Å². The molecule has 0 bridgehead atoms. The van der Waals surface area contributed by atoms with E-state index in [-0.39, 0.29) is 17.2 Å². The van der Waals surface area contributed by atoms with E-state index >= 15 is 0 Å². The van der Waals surface area contributed by atoms with E-state index in [9.17, 15) is 9.59 Å². The lowest BCUT2D eigenvalue weighted by molar-refractivity contribution is -0.113. The maximum Gasteiger partial charge on any atom is 0.276 e. The number of rotatable bonds is 6. The van der Waals surface area contributed by atoms with Gasteiger partial charge in [-0.1, -0.05) is 36.0 Å². The van der Waals surface area contributed by atoms with Crippen LogP contribution in [-0.4, -0.2) is 28.3 Å². The molecule has 0 aliphatic heterocycles. The standard InChI is InChI=1S/C21H17N3O3S2/c1-27-16-9-5-6-14(12-16)22-18(25)13-29-21-23-17-10-11-28-19(17)20(26)24(21)15-7-3-2-4-8-15/h2-12H,13H2,1H3,(H,22,25). The molecule has 0 aliphatic rings. The Labute approximate surface area is 175 Å². The average Bonchev–Trinajstić information content (AvgIpc) is 3.22. The zero-order valence-corrected chi connectivity index (χ0v) is 17.1. The van der Waals surface area contributed by atoms with E-state index < -0.39 is 0 Å². The normalized spacial score (nSPS) is 10.8. The Balaban J connectivity index is 1.60. The van der Waals surface area contributed by atoms with E-state index in [0.717, 1.165) is 5.69 Å². The van der Waals surface area contributed by atoms with Crippen LogP contribution in [0.4, 0.5) is 5.69 Å². The minimum atomic E-state index is -0.192. The Morgan fingerprint density at radius 1 is 1.17 bits per heavy atom. The summed E-state index contributed by atoms with van der Waals surface area (Å²) in [6.07, 6.45) is 0. The second kappa shape index (κ2) is 8.50. The van der Waals surface area contributed by atoms with Crippen LogP contribution >= 0.6 is 23.1 Å². The van der Waals surface area contributed by atoms with E-state index in [4.69, 9.17) is 4.74 Å². The van der Waals surface area contributed by atoms with Gasteiger partial charge in [-0.2, -0.15) is 0 Å². The number of carbonyl (C=O) groups excluding carboxylic acids is 1. The maximum atomic E-state index is 13.0. The number of thiophene rings is 1. The summed E-state index contributed by atoms with van der Waals surface area (Å²) < 4.78 is 7.33. The van der Waals surface area contributed by atoms with E-state index in [1.165, 1.54) is 23.1 Å². The Hall–Kier alpha value is -3.10. The first-order valence-electron chi connectivity index (χ1n) is 8.78. The molecule has 4 rings (SSSR count). The highest BCUT2D eigenvalue weighted by Gasteiger charge is 2.15. The molecule has 146 valence electrons. The van der Waals surface area contributed by atoms with Crippen LogP contribution in [0.5, 0.6) is 5.75 Å². The van der Waals surface area contributed by atoms with Crippen LogP contribution in [-0.2, 0) is 4.79 Å². The number of anilines is 1. The van der Waals surface area contributed by atoms with E-state index in [2.05, 4.69) is 10.3 Å². The van der Waals surface area contributed by atoms with E-state index in [1.807, 2.05) is 47.8 Å². The molecule has 6 nitrogen and oxygen atoms in total. The van der Waals surface area contributed by atoms with E-state index in [1.54, 1.807) is 29.9 Å². The highest BCUT2D eigenvalue weighted by molar-refractivity contribution is 7.99. The predicted molar refractivity (Wildman–Crippen MR) is 118 cm³/mol. The first-order chi connectivity index (χ1) is 14.2. The molecular formula is C21H17N3O3S2. The van der Waals surface area contributed by atoms with Crippen molar-refractivity contribution in [2.75, 3.05) is 18.2 Å². The Morgan fingerprint density at radius 3 is 2.79 bits per heavy atom. The van der Waals surface area contributed by atoms with Gasteiger partial charge in [0.2, 0.25) is 5.91 Å². The molecule has 4 aromatic rings. The van der Waals surface area contributed by atoms with Crippen molar-refractivity contribution in [2.45, 2.75) is 5.16 Å². The van der Waals surface area contributed by atoms with Crippen molar-refractivity contribution < 1.29 is 9.53 Å². The monoisotopic (exact) mass is 423 g/mol. The van der Waals surface area contributed by atoms with Gasteiger partial charge >= 0.3 is 0 Å². The molecule has 2 aromatic heterocycles. The number of hydrogen-bond acceptors (Lipinski definition) is 6. The van der Waals surface area contributed by atoms with Crippen molar-refractivity contribution in [3.63, 3.8) is 0 Å². The number of hydrogen-bond donors (Lipinski definition) is 1. The van der Waals surface area contributed by atoms with Gasteiger partial charge in [-0.3, -0.25) is 14.2 Å². The van der Waals surface area contributed by atoms with Gasteiger partial charge < -0.3 is 10.1 Å². The zero-order valence-electron chi connectivity index (χ0n) is 15.5. The fraction of sp³-hybridized carbons (Fsp3) is 0.0952. The molecule has 2 heterocycles. The number of fused-ring (bicyclic) bond motifs is 1. The summed E-state index contributed by atoms with van der Waals surface area (Å²) in [6, 6.07) is 18.3. The van der Waals surface area contributed by atoms with Crippen molar-refractivity contribution in [3.05, 3.63) is 76.4 Å². The maximum absolute atomic E-state index is 13.0. The van der Waals surface area contributed by atoms with Crippen LogP contribution in [0, 0.1) is 0 Å². The number of methoxy groups -OCH3 is 1. The van der Waals surface area contributed by atoms with Crippen molar-refractivity contribution in [1.29, 1.82) is 0 Å². The van der Waals surface area contributed by atoms with Gasteiger partial charge in [0.15, 0.2) is 5.16 Å². The van der Waals surface area contributed by atoms with Gasteiger partial charge in [0, 0.05) is 11.8 Å². The lowest BCUT2D eigenvalue weighted by Gasteiger charge is -2.12. The summed E-state index contributed by atoms with van der Waals surface area (Å²) >= 11 is 2.59. The van der Waals surface area contributed by atoms with Gasteiger partial charge in [-0.15, -0.1) is 11.3 Å². The molecule has 0 radical (unpaired) electrons. The highest BCUT2D eigenvalue weighted by atomic mass is 32.2. The van der Waals surface area contributed by atoms with Gasteiger partial charge in [0.25, 0.3) is 5.56 Å². The Kier molecular flexibility index (Phi) is 5.64. The van der Waals surface area contributed by atoms with Crippen LogP contribution in [0.1, 0.15) is 0 Å². The van der Waals surface area contributed by atoms with Crippen LogP contribution in [0.3, 0.4) is 0 Å². The largest absolute Gasteiger partial charge is 0.497 e. The number of benzene rings is 2. The summed E-state index contributed by atoms with van der Waals surface area (Å²) in [5.74, 6) is 0.590. The lowest BCUT2D eigenvalue weighted by atomic mass is 10.3. The molecule has 0 atom stereocenters. The molecule has 0 fully saturated rings. The number of amides is 1.